The highest BCUT2D eigenvalue weighted by molar-refractivity contribution is 7.86. The quantitative estimate of drug-likeness (QED) is 0.515. The summed E-state index contributed by atoms with van der Waals surface area (Å²) in [6.07, 6.45) is 1.80. The molecule has 0 heterocycles. The van der Waals surface area contributed by atoms with Gasteiger partial charge in [-0.2, -0.15) is 8.42 Å². The lowest BCUT2D eigenvalue weighted by Crippen LogP contribution is -2.45. The molecule has 1 fully saturated rings. The lowest BCUT2D eigenvalue weighted by atomic mass is 10.8. The summed E-state index contributed by atoms with van der Waals surface area (Å²) >= 11 is 0. The van der Waals surface area contributed by atoms with E-state index in [1.54, 1.807) is 7.05 Å². The average molecular weight is 165 g/mol. The van der Waals surface area contributed by atoms with Gasteiger partial charge in [-0.1, -0.05) is 0 Å². The van der Waals surface area contributed by atoms with Gasteiger partial charge in [0.1, 0.15) is 0 Å². The summed E-state index contributed by atoms with van der Waals surface area (Å²) in [5.74, 6) is 0. The molecular weight excluding hydrogens is 154 g/mol. The molecule has 0 atom stereocenters. The molecule has 0 aromatic rings. The Balaban J connectivity index is 2.64. The van der Waals surface area contributed by atoms with Crippen LogP contribution in [0.5, 0.6) is 0 Å². The minimum absolute atomic E-state index is 0.0833. The van der Waals surface area contributed by atoms with Crippen LogP contribution in [-0.2, 0) is 10.2 Å². The van der Waals surface area contributed by atoms with Crippen LogP contribution in [0.1, 0.15) is 12.8 Å². The zero-order chi connectivity index (χ0) is 7.78. The predicted octanol–water partition coefficient (Wildman–Crippen LogP) is -1.21. The number of rotatable bonds is 3. The van der Waals surface area contributed by atoms with Crippen LogP contribution in [0.4, 0.5) is 0 Å². The lowest BCUT2D eigenvalue weighted by molar-refractivity contribution is 0.336. The van der Waals surface area contributed by atoms with Crippen LogP contribution in [0.15, 0.2) is 0 Å². The maximum atomic E-state index is 10.7. The average Bonchev–Trinajstić information content (AvgIpc) is 2.46. The molecule has 6 heteroatoms. The summed E-state index contributed by atoms with van der Waals surface area (Å²) in [5, 5.41) is 4.87. The molecule has 0 spiro atoms. The van der Waals surface area contributed by atoms with Crippen molar-refractivity contribution in [1.82, 2.24) is 9.84 Å². The van der Waals surface area contributed by atoms with E-state index in [9.17, 15) is 8.42 Å². The molecule has 5 nitrogen and oxygen atoms in total. The molecule has 0 saturated heterocycles. The molecule has 0 aliphatic heterocycles. The molecule has 0 unspecified atom stereocenters. The summed E-state index contributed by atoms with van der Waals surface area (Å²) in [5.41, 5.74) is 2.52. The topological polar surface area (TPSA) is 75.4 Å². The van der Waals surface area contributed by atoms with E-state index in [1.807, 2.05) is 0 Å². The molecule has 0 bridgehead atoms. The van der Waals surface area contributed by atoms with E-state index in [2.05, 4.69) is 5.43 Å². The summed E-state index contributed by atoms with van der Waals surface area (Å²) in [6.45, 7) is 0. The third kappa shape index (κ3) is 1.66. The first kappa shape index (κ1) is 7.93. The maximum Gasteiger partial charge on any atom is 0.290 e. The van der Waals surface area contributed by atoms with Gasteiger partial charge in [0.2, 0.25) is 0 Å². The summed E-state index contributed by atoms with van der Waals surface area (Å²) in [4.78, 5) is 0. The van der Waals surface area contributed by atoms with Crippen molar-refractivity contribution >= 4 is 10.2 Å². The van der Waals surface area contributed by atoms with Crippen molar-refractivity contribution < 1.29 is 8.42 Å². The second-order valence-corrected chi connectivity index (χ2v) is 3.72. The first-order chi connectivity index (χ1) is 4.55. The second kappa shape index (κ2) is 2.46. The highest BCUT2D eigenvalue weighted by atomic mass is 32.2. The molecule has 1 rings (SSSR count). The van der Waals surface area contributed by atoms with Crippen LogP contribution in [0, 0.1) is 0 Å². The molecule has 10 heavy (non-hydrogen) atoms. The number of nitrogens with zero attached hydrogens (tertiary/aromatic N) is 1. The Bertz CT molecular complexity index is 209. The Morgan fingerprint density at radius 1 is 1.60 bits per heavy atom. The van der Waals surface area contributed by atoms with E-state index in [0.29, 0.717) is 0 Å². The Morgan fingerprint density at radius 3 is 2.20 bits per heavy atom. The molecule has 1 aliphatic carbocycles. The molecule has 0 radical (unpaired) electrons. The van der Waals surface area contributed by atoms with Crippen LogP contribution in [0.2, 0.25) is 0 Å². The smallest absolute Gasteiger partial charge is 0.243 e. The lowest BCUT2D eigenvalue weighted by Gasteiger charge is -2.16. The van der Waals surface area contributed by atoms with Gasteiger partial charge in [-0.15, -0.1) is 4.41 Å². The minimum Gasteiger partial charge on any atom is -0.243 e. The van der Waals surface area contributed by atoms with Crippen LogP contribution in [-0.4, -0.2) is 25.9 Å². The molecule has 1 aliphatic rings. The zero-order valence-corrected chi connectivity index (χ0v) is 6.56. The molecule has 1 saturated carbocycles. The zero-order valence-electron chi connectivity index (χ0n) is 5.74. The fourth-order valence-corrected chi connectivity index (χ4v) is 1.71. The van der Waals surface area contributed by atoms with Gasteiger partial charge in [0.25, 0.3) is 10.2 Å². The minimum atomic E-state index is -3.53. The fraction of sp³-hybridized carbons (Fsp3) is 1.00. The van der Waals surface area contributed by atoms with Crippen LogP contribution in [0.3, 0.4) is 0 Å². The first-order valence-corrected chi connectivity index (χ1v) is 4.55. The van der Waals surface area contributed by atoms with Crippen molar-refractivity contribution in [3.8, 4) is 0 Å². The Hall–Kier alpha value is -0.170. The predicted molar refractivity (Wildman–Crippen MR) is 37.0 cm³/mol. The summed E-state index contributed by atoms with van der Waals surface area (Å²) in [6, 6.07) is 0.0833. The van der Waals surface area contributed by atoms with Crippen molar-refractivity contribution in [2.75, 3.05) is 7.05 Å². The molecule has 0 amide bonds. The van der Waals surface area contributed by atoms with Crippen molar-refractivity contribution in [1.29, 1.82) is 0 Å². The second-order valence-electron chi connectivity index (χ2n) is 2.30. The van der Waals surface area contributed by atoms with E-state index in [1.165, 1.54) is 0 Å². The van der Waals surface area contributed by atoms with Crippen molar-refractivity contribution in [3.05, 3.63) is 0 Å². The van der Waals surface area contributed by atoms with Crippen molar-refractivity contribution in [2.24, 2.45) is 5.14 Å². The van der Waals surface area contributed by atoms with E-state index >= 15 is 0 Å². The number of nitrogens with one attached hydrogen (secondary N) is 1. The summed E-state index contributed by atoms with van der Waals surface area (Å²) < 4.78 is 22.5. The number of hydrogen-bond donors (Lipinski definition) is 2. The molecule has 60 valence electrons. The number of hydrogen-bond acceptors (Lipinski definition) is 3. The van der Waals surface area contributed by atoms with Crippen LogP contribution < -0.4 is 10.6 Å². The van der Waals surface area contributed by atoms with Gasteiger partial charge in [0.05, 0.1) is 0 Å². The Kier molecular flexibility index (Phi) is 1.95. The highest BCUT2D eigenvalue weighted by Crippen LogP contribution is 2.25. The normalized spacial score (nSPS) is 19.9. The first-order valence-electron chi connectivity index (χ1n) is 3.05. The highest BCUT2D eigenvalue weighted by Gasteiger charge is 2.34. The van der Waals surface area contributed by atoms with E-state index in [0.717, 1.165) is 17.3 Å². The van der Waals surface area contributed by atoms with Gasteiger partial charge in [0.15, 0.2) is 0 Å². The van der Waals surface area contributed by atoms with Gasteiger partial charge >= 0.3 is 0 Å². The third-order valence-corrected chi connectivity index (χ3v) is 2.40. The number of nitrogens with two attached hydrogens (primary N) is 1. The largest absolute Gasteiger partial charge is 0.290 e. The fourth-order valence-electron chi connectivity index (χ4n) is 0.827. The van der Waals surface area contributed by atoms with Crippen LogP contribution >= 0.6 is 0 Å². The van der Waals surface area contributed by atoms with E-state index in [-0.39, 0.29) is 6.04 Å². The molecule has 3 N–H and O–H groups in total. The van der Waals surface area contributed by atoms with Crippen molar-refractivity contribution in [3.63, 3.8) is 0 Å². The third-order valence-electron chi connectivity index (χ3n) is 1.37. The van der Waals surface area contributed by atoms with Gasteiger partial charge in [-0.05, 0) is 19.9 Å². The Morgan fingerprint density at radius 2 is 2.10 bits per heavy atom. The van der Waals surface area contributed by atoms with Gasteiger partial charge in [-0.25, -0.2) is 10.6 Å². The maximum absolute atomic E-state index is 10.7. The number of hydrazine groups is 1. The van der Waals surface area contributed by atoms with E-state index < -0.39 is 10.2 Å². The van der Waals surface area contributed by atoms with Gasteiger partial charge in [0, 0.05) is 6.04 Å². The monoisotopic (exact) mass is 165 g/mol. The molecular formula is C4H11N3O2S. The molecule has 0 aromatic carbocycles. The van der Waals surface area contributed by atoms with Gasteiger partial charge < -0.3 is 0 Å². The standard InChI is InChI=1S/C4H11N3O2S/c1-6-7(4-2-3-4)10(5,8)9/h4,6H,2-3H2,1H3,(H2,5,8,9). The van der Waals surface area contributed by atoms with Gasteiger partial charge in [-0.3, -0.25) is 0 Å². The molecule has 0 aromatic heterocycles. The van der Waals surface area contributed by atoms with E-state index in [4.69, 9.17) is 5.14 Å². The Labute approximate surface area is 60.3 Å². The van der Waals surface area contributed by atoms with Crippen molar-refractivity contribution in [2.45, 2.75) is 18.9 Å². The summed E-state index contributed by atoms with van der Waals surface area (Å²) in [7, 11) is -1.99. The SMILES string of the molecule is CNN(C1CC1)S(N)(=O)=O. The van der Waals surface area contributed by atoms with Crippen LogP contribution in [0.25, 0.3) is 0 Å².